The zero-order chi connectivity index (χ0) is 20.3. The van der Waals surface area contributed by atoms with E-state index >= 15 is 0 Å². The van der Waals surface area contributed by atoms with Crippen molar-refractivity contribution >= 4 is 28.7 Å². The molecule has 2 aromatic carbocycles. The Hall–Kier alpha value is -3.13. The molecule has 0 saturated carbocycles. The highest BCUT2D eigenvalue weighted by atomic mass is 32.1. The number of anilines is 1. The van der Waals surface area contributed by atoms with Gasteiger partial charge in [0, 0.05) is 17.7 Å². The van der Waals surface area contributed by atoms with Crippen LogP contribution >= 0.6 is 11.3 Å². The molecule has 0 atom stereocenters. The van der Waals surface area contributed by atoms with Crippen LogP contribution in [-0.2, 0) is 0 Å². The van der Waals surface area contributed by atoms with Crippen molar-refractivity contribution in [2.45, 2.75) is 13.8 Å². The quantitative estimate of drug-likeness (QED) is 0.469. The maximum absolute atomic E-state index is 14.5. The maximum atomic E-state index is 14.5. The van der Waals surface area contributed by atoms with Crippen molar-refractivity contribution in [2.75, 3.05) is 11.6 Å². The number of carboxylic acids is 1. The molecular weight excluding hydrogens is 384 g/mol. The molecule has 28 heavy (non-hydrogen) atoms. The molecule has 0 aliphatic carbocycles. The van der Waals surface area contributed by atoms with Gasteiger partial charge in [-0.2, -0.15) is 9.49 Å². The molecule has 0 spiro atoms. The minimum atomic E-state index is -1.26. The summed E-state index contributed by atoms with van der Waals surface area (Å²) in [7, 11) is 0. The highest BCUT2D eigenvalue weighted by Crippen LogP contribution is 2.33. The van der Waals surface area contributed by atoms with Gasteiger partial charge in [-0.3, -0.25) is 0 Å². The summed E-state index contributed by atoms with van der Waals surface area (Å²) in [6, 6.07) is 10.8. The van der Waals surface area contributed by atoms with Gasteiger partial charge in [-0.1, -0.05) is 35.6 Å². The number of aromatic nitrogens is 1. The number of rotatable bonds is 6. The molecule has 0 saturated heterocycles. The van der Waals surface area contributed by atoms with E-state index in [9.17, 15) is 18.7 Å². The Labute approximate surface area is 164 Å². The molecule has 1 aromatic heterocycles. The van der Waals surface area contributed by atoms with E-state index < -0.39 is 16.9 Å². The third kappa shape index (κ3) is 4.07. The Morgan fingerprint density at radius 1 is 1.29 bits per heavy atom. The molecule has 1 heterocycles. The fourth-order valence-corrected chi connectivity index (χ4v) is 3.46. The van der Waals surface area contributed by atoms with E-state index in [-0.39, 0.29) is 16.8 Å². The van der Waals surface area contributed by atoms with Crippen molar-refractivity contribution < 1.29 is 18.7 Å². The summed E-state index contributed by atoms with van der Waals surface area (Å²) < 4.78 is 27.8. The molecule has 8 heteroatoms. The molecular formula is C20H17F2N3O2S. The molecule has 3 aromatic rings. The number of hydrogen-bond acceptors (Lipinski definition) is 5. The number of nitrogens with zero attached hydrogens (tertiary/aromatic N) is 3. The monoisotopic (exact) mass is 401 g/mol. The normalized spacial score (nSPS) is 11.1. The lowest BCUT2D eigenvalue weighted by molar-refractivity contribution is 0.0696. The number of carboxylic acid groups (broad SMARTS) is 1. The van der Waals surface area contributed by atoms with Crippen molar-refractivity contribution in [1.82, 2.24) is 4.98 Å². The van der Waals surface area contributed by atoms with Crippen molar-refractivity contribution in [2.24, 2.45) is 5.10 Å². The van der Waals surface area contributed by atoms with Crippen LogP contribution in [0.1, 0.15) is 28.4 Å². The highest BCUT2D eigenvalue weighted by Gasteiger charge is 2.18. The van der Waals surface area contributed by atoms with Gasteiger partial charge in [-0.25, -0.2) is 19.2 Å². The first-order valence-electron chi connectivity index (χ1n) is 8.47. The van der Waals surface area contributed by atoms with Gasteiger partial charge < -0.3 is 5.11 Å². The topological polar surface area (TPSA) is 65.8 Å². The van der Waals surface area contributed by atoms with Gasteiger partial charge in [0.05, 0.1) is 11.8 Å². The predicted octanol–water partition coefficient (Wildman–Crippen LogP) is 4.96. The number of halogens is 2. The van der Waals surface area contributed by atoms with Gasteiger partial charge in [0.1, 0.15) is 11.5 Å². The second-order valence-corrected chi connectivity index (χ2v) is 6.86. The zero-order valence-corrected chi connectivity index (χ0v) is 16.0. The fourth-order valence-electron chi connectivity index (χ4n) is 2.63. The summed E-state index contributed by atoms with van der Waals surface area (Å²) in [5, 5.41) is 14.8. The first-order valence-corrected chi connectivity index (χ1v) is 9.29. The average Bonchev–Trinajstić information content (AvgIpc) is 3.04. The summed E-state index contributed by atoms with van der Waals surface area (Å²) >= 11 is 0.857. The zero-order valence-electron chi connectivity index (χ0n) is 15.2. The average molecular weight is 401 g/mol. The van der Waals surface area contributed by atoms with Crippen LogP contribution in [0.15, 0.2) is 47.6 Å². The van der Waals surface area contributed by atoms with Gasteiger partial charge in [0.15, 0.2) is 0 Å². The van der Waals surface area contributed by atoms with Crippen LogP contribution in [0.5, 0.6) is 0 Å². The molecule has 0 unspecified atom stereocenters. The van der Waals surface area contributed by atoms with Gasteiger partial charge in [-0.15, -0.1) is 0 Å². The van der Waals surface area contributed by atoms with E-state index in [0.29, 0.717) is 17.2 Å². The SMILES string of the molecule is CCN(/N=C/c1ccc(F)cc1C(=O)O)c1nc(-c2ccccc2C)c(F)s1. The number of benzene rings is 2. The smallest absolute Gasteiger partial charge is 0.336 e. The number of thiazole rings is 1. The number of aryl methyl sites for hydroxylation is 1. The lowest BCUT2D eigenvalue weighted by Crippen LogP contribution is -2.16. The first kappa shape index (κ1) is 19.6. The molecule has 0 aliphatic rings. The lowest BCUT2D eigenvalue weighted by atomic mass is 10.1. The third-order valence-corrected chi connectivity index (χ3v) is 4.93. The number of aromatic carboxylic acids is 1. The van der Waals surface area contributed by atoms with E-state index in [0.717, 1.165) is 29.0 Å². The van der Waals surface area contributed by atoms with Crippen LogP contribution in [0.2, 0.25) is 0 Å². The second-order valence-electron chi connectivity index (χ2n) is 5.93. The Bertz CT molecular complexity index is 1050. The van der Waals surface area contributed by atoms with Crippen molar-refractivity contribution in [3.63, 3.8) is 0 Å². The molecule has 0 fully saturated rings. The summed E-state index contributed by atoms with van der Waals surface area (Å²) in [5.41, 5.74) is 1.89. The van der Waals surface area contributed by atoms with Crippen LogP contribution in [0.25, 0.3) is 11.3 Å². The number of carbonyl (C=O) groups is 1. The molecule has 0 aliphatic heterocycles. The van der Waals surface area contributed by atoms with Crippen LogP contribution in [0.3, 0.4) is 0 Å². The summed E-state index contributed by atoms with van der Waals surface area (Å²) in [6.07, 6.45) is 1.30. The number of hydrogen-bond donors (Lipinski definition) is 1. The fraction of sp³-hybridized carbons (Fsp3) is 0.150. The lowest BCUT2D eigenvalue weighted by Gasteiger charge is -2.12. The third-order valence-electron chi connectivity index (χ3n) is 4.08. The number of hydrazone groups is 1. The van der Waals surface area contributed by atoms with Gasteiger partial charge in [-0.05, 0) is 37.6 Å². The van der Waals surface area contributed by atoms with Crippen LogP contribution in [0.4, 0.5) is 13.9 Å². The van der Waals surface area contributed by atoms with E-state index in [1.165, 1.54) is 17.3 Å². The van der Waals surface area contributed by atoms with E-state index in [4.69, 9.17) is 0 Å². The van der Waals surface area contributed by atoms with E-state index in [1.807, 2.05) is 32.0 Å². The van der Waals surface area contributed by atoms with Crippen LogP contribution < -0.4 is 5.01 Å². The summed E-state index contributed by atoms with van der Waals surface area (Å²) in [5.74, 6) is -1.90. The Balaban J connectivity index is 1.93. The first-order chi connectivity index (χ1) is 13.4. The van der Waals surface area contributed by atoms with Gasteiger partial charge in [0.25, 0.3) is 0 Å². The molecule has 144 valence electrons. The van der Waals surface area contributed by atoms with Gasteiger partial charge in [0.2, 0.25) is 10.3 Å². The Morgan fingerprint density at radius 3 is 2.71 bits per heavy atom. The second kappa shape index (κ2) is 8.26. The molecule has 0 amide bonds. The van der Waals surface area contributed by atoms with Crippen molar-refractivity contribution in [3.8, 4) is 11.3 Å². The Morgan fingerprint density at radius 2 is 2.04 bits per heavy atom. The largest absolute Gasteiger partial charge is 0.478 e. The minimum Gasteiger partial charge on any atom is -0.478 e. The Kier molecular flexibility index (Phi) is 5.79. The molecule has 1 N–H and O–H groups in total. The molecule has 0 bridgehead atoms. The van der Waals surface area contributed by atoms with E-state index in [1.54, 1.807) is 6.07 Å². The van der Waals surface area contributed by atoms with Crippen molar-refractivity contribution in [3.05, 3.63) is 70.1 Å². The minimum absolute atomic E-state index is 0.203. The molecule has 3 rings (SSSR count). The van der Waals surface area contributed by atoms with Crippen molar-refractivity contribution in [1.29, 1.82) is 0 Å². The maximum Gasteiger partial charge on any atom is 0.336 e. The van der Waals surface area contributed by atoms with Gasteiger partial charge >= 0.3 is 5.97 Å². The predicted molar refractivity (Wildman–Crippen MR) is 106 cm³/mol. The summed E-state index contributed by atoms with van der Waals surface area (Å²) in [6.45, 7) is 4.08. The standard InChI is InChI=1S/C20H17F2N3O2S/c1-3-25(23-11-13-8-9-14(21)10-16(13)19(26)27)20-24-17(18(22)28-20)15-7-5-4-6-12(15)2/h4-11H,3H2,1-2H3,(H,26,27)/b23-11+. The molecule has 0 radical (unpaired) electrons. The van der Waals surface area contributed by atoms with Crippen LogP contribution in [-0.4, -0.2) is 28.8 Å². The highest BCUT2D eigenvalue weighted by molar-refractivity contribution is 7.14. The van der Waals surface area contributed by atoms with Crippen LogP contribution in [0, 0.1) is 17.9 Å². The summed E-state index contributed by atoms with van der Waals surface area (Å²) in [4.78, 5) is 15.7. The molecule has 5 nitrogen and oxygen atoms in total. The van der Waals surface area contributed by atoms with E-state index in [2.05, 4.69) is 10.1 Å².